The van der Waals surface area contributed by atoms with E-state index in [4.69, 9.17) is 16.3 Å². The molecule has 1 aliphatic heterocycles. The van der Waals surface area contributed by atoms with Gasteiger partial charge in [0.15, 0.2) is 6.10 Å². The van der Waals surface area contributed by atoms with E-state index in [0.717, 1.165) is 11.6 Å². The molecule has 0 saturated carbocycles. The standard InChI is InChI=1S/C24H24ClN3O6/c1-16(23(30)26-21-15-19(28(32)33)8-9-20(21)25)34-24(31)18-11-13-27(14-12-18)22(29)10-7-17-5-3-2-4-6-17/h2-10,15-16,18H,11-14H2,1H3,(H,26,30)/b10-7+. The minimum absolute atomic E-state index is 0.0548. The molecule has 0 spiro atoms. The number of nitrogens with zero attached hydrogens (tertiary/aromatic N) is 2. The van der Waals surface area contributed by atoms with Crippen LogP contribution in [0.2, 0.25) is 5.02 Å². The summed E-state index contributed by atoms with van der Waals surface area (Å²) in [4.78, 5) is 49.3. The number of ether oxygens (including phenoxy) is 1. The highest BCUT2D eigenvalue weighted by Crippen LogP contribution is 2.27. The number of hydrogen-bond acceptors (Lipinski definition) is 6. The fraction of sp³-hybridized carbons (Fsp3) is 0.292. The van der Waals surface area contributed by atoms with E-state index in [1.54, 1.807) is 11.0 Å². The molecule has 0 bridgehead atoms. The first-order valence-electron chi connectivity index (χ1n) is 10.7. The number of rotatable bonds is 7. The van der Waals surface area contributed by atoms with Crippen LogP contribution in [0.25, 0.3) is 6.08 Å². The number of non-ortho nitro benzene ring substituents is 1. The van der Waals surface area contributed by atoms with Gasteiger partial charge in [-0.2, -0.15) is 0 Å². The van der Waals surface area contributed by atoms with Crippen LogP contribution >= 0.6 is 11.6 Å². The SMILES string of the molecule is CC(OC(=O)C1CCN(C(=O)/C=C/c2ccccc2)CC1)C(=O)Nc1cc([N+](=O)[O-])ccc1Cl. The van der Waals surface area contributed by atoms with E-state index < -0.39 is 28.8 Å². The van der Waals surface area contributed by atoms with E-state index in [-0.39, 0.29) is 22.3 Å². The van der Waals surface area contributed by atoms with Crippen molar-refractivity contribution in [3.05, 3.63) is 75.3 Å². The Bertz CT molecular complexity index is 1100. The molecule has 2 aromatic carbocycles. The van der Waals surface area contributed by atoms with Crippen LogP contribution in [-0.2, 0) is 19.1 Å². The number of likely N-dealkylation sites (tertiary alicyclic amines) is 1. The molecule has 1 aliphatic rings. The number of nitro groups is 1. The van der Waals surface area contributed by atoms with Crippen LogP contribution in [0.1, 0.15) is 25.3 Å². The highest BCUT2D eigenvalue weighted by Gasteiger charge is 2.30. The summed E-state index contributed by atoms with van der Waals surface area (Å²) < 4.78 is 5.30. The van der Waals surface area contributed by atoms with Crippen LogP contribution in [0.5, 0.6) is 0 Å². The maximum atomic E-state index is 12.5. The molecule has 1 saturated heterocycles. The second-order valence-electron chi connectivity index (χ2n) is 7.83. The van der Waals surface area contributed by atoms with E-state index in [9.17, 15) is 24.5 Å². The van der Waals surface area contributed by atoms with Crippen LogP contribution in [0.15, 0.2) is 54.6 Å². The van der Waals surface area contributed by atoms with Crippen LogP contribution in [0, 0.1) is 16.0 Å². The van der Waals surface area contributed by atoms with Crippen LogP contribution in [0.3, 0.4) is 0 Å². The molecule has 1 N–H and O–H groups in total. The van der Waals surface area contributed by atoms with Gasteiger partial charge in [0.2, 0.25) is 5.91 Å². The maximum absolute atomic E-state index is 12.5. The number of hydrogen-bond donors (Lipinski definition) is 1. The summed E-state index contributed by atoms with van der Waals surface area (Å²) in [6.45, 7) is 2.22. The van der Waals surface area contributed by atoms with Crippen LogP contribution in [-0.4, -0.2) is 46.8 Å². The Morgan fingerprint density at radius 1 is 1.18 bits per heavy atom. The summed E-state index contributed by atoms with van der Waals surface area (Å²) in [6.07, 6.45) is 2.98. The van der Waals surface area contributed by atoms with E-state index in [0.29, 0.717) is 25.9 Å². The van der Waals surface area contributed by atoms with Crippen molar-refractivity contribution in [1.29, 1.82) is 0 Å². The Labute approximate surface area is 201 Å². The molecule has 0 radical (unpaired) electrons. The molecule has 0 aliphatic carbocycles. The minimum Gasteiger partial charge on any atom is -0.452 e. The third kappa shape index (κ3) is 6.64. The molecular weight excluding hydrogens is 462 g/mol. The Morgan fingerprint density at radius 3 is 2.50 bits per heavy atom. The fourth-order valence-electron chi connectivity index (χ4n) is 3.45. The van der Waals surface area contributed by atoms with Crippen LogP contribution in [0.4, 0.5) is 11.4 Å². The van der Waals surface area contributed by atoms with Gasteiger partial charge in [0.1, 0.15) is 0 Å². The van der Waals surface area contributed by atoms with Crippen molar-refractivity contribution in [2.24, 2.45) is 5.92 Å². The summed E-state index contributed by atoms with van der Waals surface area (Å²) in [5, 5.41) is 13.5. The number of halogens is 1. The van der Waals surface area contributed by atoms with Crippen molar-refractivity contribution in [2.45, 2.75) is 25.9 Å². The Kier molecular flexibility index (Phi) is 8.37. The number of carbonyl (C=O) groups is 3. The monoisotopic (exact) mass is 485 g/mol. The van der Waals surface area contributed by atoms with Gasteiger partial charge in [0.25, 0.3) is 11.6 Å². The van der Waals surface area contributed by atoms with Crippen molar-refractivity contribution < 1.29 is 24.0 Å². The highest BCUT2D eigenvalue weighted by atomic mass is 35.5. The van der Waals surface area contributed by atoms with Gasteiger partial charge in [-0.15, -0.1) is 0 Å². The molecule has 2 aromatic rings. The quantitative estimate of drug-likeness (QED) is 0.273. The molecule has 3 rings (SSSR count). The number of anilines is 1. The molecule has 9 nitrogen and oxygen atoms in total. The van der Waals surface area contributed by atoms with Gasteiger partial charge in [-0.3, -0.25) is 24.5 Å². The van der Waals surface area contributed by atoms with Gasteiger partial charge >= 0.3 is 5.97 Å². The Hall–Kier alpha value is -3.72. The molecule has 178 valence electrons. The lowest BCUT2D eigenvalue weighted by Gasteiger charge is -2.30. The number of piperidine rings is 1. The van der Waals surface area contributed by atoms with Gasteiger partial charge in [-0.25, -0.2) is 0 Å². The van der Waals surface area contributed by atoms with Gasteiger partial charge in [-0.05, 0) is 37.5 Å². The topological polar surface area (TPSA) is 119 Å². The molecular formula is C24H24ClN3O6. The summed E-state index contributed by atoms with van der Waals surface area (Å²) in [6, 6.07) is 13.1. The van der Waals surface area contributed by atoms with Gasteiger partial charge in [0.05, 0.1) is 21.6 Å². The predicted octanol–water partition coefficient (Wildman–Crippen LogP) is 4.07. The van der Waals surface area contributed by atoms with Crippen molar-refractivity contribution >= 4 is 46.8 Å². The van der Waals surface area contributed by atoms with E-state index >= 15 is 0 Å². The zero-order chi connectivity index (χ0) is 24.7. The number of benzene rings is 2. The Morgan fingerprint density at radius 2 is 1.85 bits per heavy atom. The van der Waals surface area contributed by atoms with Crippen molar-refractivity contribution in [2.75, 3.05) is 18.4 Å². The highest BCUT2D eigenvalue weighted by molar-refractivity contribution is 6.33. The first-order valence-corrected chi connectivity index (χ1v) is 11.1. The molecule has 1 fully saturated rings. The Balaban J connectivity index is 1.48. The first kappa shape index (κ1) is 24.9. The van der Waals surface area contributed by atoms with Crippen molar-refractivity contribution in [3.63, 3.8) is 0 Å². The molecule has 34 heavy (non-hydrogen) atoms. The zero-order valence-electron chi connectivity index (χ0n) is 18.5. The van der Waals surface area contributed by atoms with Gasteiger partial charge in [-0.1, -0.05) is 41.9 Å². The number of nitro benzene ring substituents is 1. The summed E-state index contributed by atoms with van der Waals surface area (Å²) in [5.74, 6) is -1.75. The van der Waals surface area contributed by atoms with Crippen molar-refractivity contribution in [3.8, 4) is 0 Å². The van der Waals surface area contributed by atoms with E-state index in [1.165, 1.54) is 25.1 Å². The molecule has 0 aromatic heterocycles. The molecule has 1 atom stereocenters. The van der Waals surface area contributed by atoms with Gasteiger partial charge < -0.3 is 15.0 Å². The largest absolute Gasteiger partial charge is 0.452 e. The summed E-state index contributed by atoms with van der Waals surface area (Å²) in [5.41, 5.74) is 0.747. The maximum Gasteiger partial charge on any atom is 0.309 e. The van der Waals surface area contributed by atoms with E-state index in [1.807, 2.05) is 30.3 Å². The number of nitrogens with one attached hydrogen (secondary N) is 1. The molecule has 1 heterocycles. The normalized spacial score (nSPS) is 15.1. The lowest BCUT2D eigenvalue weighted by molar-refractivity contribution is -0.384. The predicted molar refractivity (Wildman–Crippen MR) is 127 cm³/mol. The average molecular weight is 486 g/mol. The average Bonchev–Trinajstić information content (AvgIpc) is 2.84. The van der Waals surface area contributed by atoms with Crippen molar-refractivity contribution in [1.82, 2.24) is 4.90 Å². The zero-order valence-corrected chi connectivity index (χ0v) is 19.2. The smallest absolute Gasteiger partial charge is 0.309 e. The summed E-state index contributed by atoms with van der Waals surface area (Å²) in [7, 11) is 0. The molecule has 1 unspecified atom stereocenters. The fourth-order valence-corrected chi connectivity index (χ4v) is 3.62. The number of carbonyl (C=O) groups excluding carboxylic acids is 3. The second-order valence-corrected chi connectivity index (χ2v) is 8.24. The van der Waals surface area contributed by atoms with Gasteiger partial charge in [0, 0.05) is 31.3 Å². The lowest BCUT2D eigenvalue weighted by atomic mass is 9.97. The van der Waals surface area contributed by atoms with Crippen LogP contribution < -0.4 is 5.32 Å². The first-order chi connectivity index (χ1) is 16.2. The number of amides is 2. The molecule has 2 amide bonds. The lowest BCUT2D eigenvalue weighted by Crippen LogP contribution is -2.41. The third-order valence-corrected chi connectivity index (χ3v) is 5.77. The third-order valence-electron chi connectivity index (χ3n) is 5.44. The summed E-state index contributed by atoms with van der Waals surface area (Å²) >= 11 is 5.99. The minimum atomic E-state index is -1.13. The number of esters is 1. The second kappa shape index (κ2) is 11.4. The molecule has 10 heteroatoms. The van der Waals surface area contributed by atoms with E-state index in [2.05, 4.69) is 5.32 Å².